The lowest BCUT2D eigenvalue weighted by atomic mass is 9.37. The first-order valence-electron chi connectivity index (χ1n) is 16.5. The van der Waals surface area contributed by atoms with Gasteiger partial charge in [-0.2, -0.15) is 0 Å². The molecule has 0 saturated heterocycles. The van der Waals surface area contributed by atoms with Crippen molar-refractivity contribution < 1.29 is 4.74 Å². The Morgan fingerprint density at radius 3 is 1.80 bits per heavy atom. The Morgan fingerprint density at radius 1 is 0.739 bits per heavy atom. The highest BCUT2D eigenvalue weighted by atomic mass is 28.2. The van der Waals surface area contributed by atoms with Crippen molar-refractivity contribution in [2.45, 2.75) is 43.6 Å². The molecule has 0 bridgehead atoms. The van der Waals surface area contributed by atoms with Gasteiger partial charge >= 0.3 is 0 Å². The molecule has 7 rings (SSSR count). The zero-order chi connectivity index (χ0) is 31.4. The van der Waals surface area contributed by atoms with Crippen LogP contribution in [0.4, 0.5) is 0 Å². The number of hydrogen-bond donors (Lipinski definition) is 0. The number of rotatable bonds is 12. The van der Waals surface area contributed by atoms with Crippen LogP contribution in [0.1, 0.15) is 43.7 Å². The lowest BCUT2D eigenvalue weighted by molar-refractivity contribution is 0.309. The van der Waals surface area contributed by atoms with E-state index in [-0.39, 0.29) is 5.16 Å². The summed E-state index contributed by atoms with van der Waals surface area (Å²) in [5.41, 5.74) is 5.42. The van der Waals surface area contributed by atoms with E-state index in [9.17, 15) is 0 Å². The molecule has 1 aliphatic rings. The van der Waals surface area contributed by atoms with Gasteiger partial charge in [0.2, 0.25) is 6.71 Å². The number of imidazole rings is 1. The van der Waals surface area contributed by atoms with Crippen LogP contribution in [0.3, 0.4) is 0 Å². The molecule has 1 heterocycles. The molecule has 2 radical (unpaired) electrons. The molecule has 1 fully saturated rings. The van der Waals surface area contributed by atoms with Crippen molar-refractivity contribution in [3.8, 4) is 5.75 Å². The van der Waals surface area contributed by atoms with Gasteiger partial charge in [-0.3, -0.25) is 0 Å². The molecule has 0 amide bonds. The number of benzene rings is 5. The van der Waals surface area contributed by atoms with Crippen LogP contribution in [-0.2, 0) is 5.16 Å². The quantitative estimate of drug-likeness (QED) is 0.107. The van der Waals surface area contributed by atoms with E-state index in [1.54, 1.807) is 0 Å². The van der Waals surface area contributed by atoms with Crippen molar-refractivity contribution in [2.24, 2.45) is 0 Å². The first-order chi connectivity index (χ1) is 22.8. The Labute approximate surface area is 277 Å². The standard InChI is InChI=1S/C26H26N2OSi.C15H15B/c1-2-3-19-29-24-15-10-16-25(20-24)30-26(28-18-17-27-21-28,22-11-6-4-7-12-22)23-13-8-5-9-14-23;1-3-7-13(8-4-1)16(15-11-12-15)14-9-5-2-6-10-14/h4-18,20-21H,2-3,19H2,1H3;1-10,15H,11-12H2. The van der Waals surface area contributed by atoms with E-state index in [0.29, 0.717) is 16.2 Å². The Balaban J connectivity index is 0.000000194. The van der Waals surface area contributed by atoms with Crippen LogP contribution in [0.5, 0.6) is 5.75 Å². The summed E-state index contributed by atoms with van der Waals surface area (Å²) in [6.45, 7) is 3.55. The number of aromatic nitrogens is 2. The lowest BCUT2D eigenvalue weighted by Crippen LogP contribution is -2.46. The molecule has 1 aliphatic carbocycles. The van der Waals surface area contributed by atoms with Gasteiger partial charge in [-0.1, -0.05) is 182 Å². The number of hydrogen-bond acceptors (Lipinski definition) is 2. The minimum absolute atomic E-state index is 0.374. The number of ether oxygens (including phenoxy) is 1. The molecule has 0 spiro atoms. The summed E-state index contributed by atoms with van der Waals surface area (Å²) in [6, 6.07) is 51.8. The van der Waals surface area contributed by atoms with E-state index in [1.165, 1.54) is 40.1 Å². The average Bonchev–Trinajstić information content (AvgIpc) is 3.80. The van der Waals surface area contributed by atoms with Gasteiger partial charge in [0.25, 0.3) is 0 Å². The van der Waals surface area contributed by atoms with Crippen LogP contribution in [0.15, 0.2) is 164 Å². The molecule has 5 heteroatoms. The number of unbranched alkanes of at least 4 members (excludes halogenated alkanes) is 1. The largest absolute Gasteiger partial charge is 0.494 e. The highest BCUT2D eigenvalue weighted by Crippen LogP contribution is 2.38. The monoisotopic (exact) mass is 616 g/mol. The molecule has 0 atom stereocenters. The van der Waals surface area contributed by atoms with Crippen LogP contribution in [0.2, 0.25) is 5.82 Å². The Hall–Kier alpha value is -4.61. The predicted octanol–water partition coefficient (Wildman–Crippen LogP) is 7.30. The fourth-order valence-electron chi connectivity index (χ4n) is 6.18. The second-order valence-electron chi connectivity index (χ2n) is 11.9. The van der Waals surface area contributed by atoms with Gasteiger partial charge in [0.1, 0.15) is 15.3 Å². The first kappa shape index (κ1) is 31.4. The SMILES string of the molecule is CCCCOc1cccc([Si]C(c2ccccc2)(c2ccccc2)n2ccnc2)c1.c1ccc(B(c2ccccc2)C2CC2)cc1. The molecule has 0 unspecified atom stereocenters. The molecule has 228 valence electrons. The molecule has 0 aliphatic heterocycles. The highest BCUT2D eigenvalue weighted by molar-refractivity contribution is 6.86. The van der Waals surface area contributed by atoms with Crippen LogP contribution in [0, 0.1) is 0 Å². The topological polar surface area (TPSA) is 27.1 Å². The lowest BCUT2D eigenvalue weighted by Gasteiger charge is -2.36. The molecule has 1 saturated carbocycles. The maximum absolute atomic E-state index is 5.99. The van der Waals surface area contributed by atoms with E-state index in [4.69, 9.17) is 4.74 Å². The predicted molar refractivity (Wildman–Crippen MR) is 194 cm³/mol. The minimum Gasteiger partial charge on any atom is -0.494 e. The summed E-state index contributed by atoms with van der Waals surface area (Å²) >= 11 is 0. The van der Waals surface area contributed by atoms with Crippen molar-refractivity contribution >= 4 is 32.3 Å². The fraction of sp³-hybridized carbons (Fsp3) is 0.195. The molecule has 3 nitrogen and oxygen atoms in total. The van der Waals surface area contributed by atoms with Gasteiger partial charge in [-0.05, 0) is 29.7 Å². The molecule has 1 aromatic heterocycles. The molecular weight excluding hydrogens is 575 g/mol. The highest BCUT2D eigenvalue weighted by Gasteiger charge is 2.37. The van der Waals surface area contributed by atoms with Crippen LogP contribution in [0.25, 0.3) is 0 Å². The summed E-state index contributed by atoms with van der Waals surface area (Å²) in [6.07, 6.45) is 10.8. The molecule has 0 N–H and O–H groups in total. The van der Waals surface area contributed by atoms with Crippen LogP contribution >= 0.6 is 0 Å². The van der Waals surface area contributed by atoms with Crippen molar-refractivity contribution in [3.63, 3.8) is 0 Å². The van der Waals surface area contributed by atoms with E-state index in [1.807, 2.05) is 18.6 Å². The van der Waals surface area contributed by atoms with E-state index in [0.717, 1.165) is 31.0 Å². The summed E-state index contributed by atoms with van der Waals surface area (Å²) in [4.78, 5) is 4.39. The van der Waals surface area contributed by atoms with E-state index >= 15 is 0 Å². The van der Waals surface area contributed by atoms with Gasteiger partial charge in [0.05, 0.1) is 18.1 Å². The minimum atomic E-state index is -0.374. The van der Waals surface area contributed by atoms with Gasteiger partial charge < -0.3 is 9.30 Å². The Kier molecular flexibility index (Phi) is 10.6. The zero-order valence-corrected chi connectivity index (χ0v) is 27.6. The summed E-state index contributed by atoms with van der Waals surface area (Å²) < 4.78 is 8.23. The van der Waals surface area contributed by atoms with Crippen molar-refractivity contribution in [3.05, 3.63) is 175 Å². The van der Waals surface area contributed by atoms with E-state index in [2.05, 4.69) is 162 Å². The number of nitrogens with zero attached hydrogens (tertiary/aromatic N) is 2. The van der Waals surface area contributed by atoms with Crippen molar-refractivity contribution in [1.29, 1.82) is 0 Å². The van der Waals surface area contributed by atoms with Gasteiger partial charge in [-0.25, -0.2) is 4.98 Å². The van der Waals surface area contributed by atoms with Gasteiger partial charge in [-0.15, -0.1) is 0 Å². The Bertz CT molecular complexity index is 1650. The molecular formula is C41H41BN2OSi. The van der Waals surface area contributed by atoms with Crippen molar-refractivity contribution in [2.75, 3.05) is 6.61 Å². The van der Waals surface area contributed by atoms with Gasteiger partial charge in [0.15, 0.2) is 0 Å². The molecule has 5 aromatic carbocycles. The summed E-state index contributed by atoms with van der Waals surface area (Å²) in [5.74, 6) is 1.80. The molecule has 6 aromatic rings. The summed E-state index contributed by atoms with van der Waals surface area (Å²) in [5, 5.41) is 0.881. The van der Waals surface area contributed by atoms with Crippen LogP contribution in [-0.4, -0.2) is 32.4 Å². The maximum atomic E-state index is 5.99. The Morgan fingerprint density at radius 2 is 1.30 bits per heavy atom. The summed E-state index contributed by atoms with van der Waals surface area (Å²) in [7, 11) is 0.460. The first-order valence-corrected chi connectivity index (χ1v) is 17.5. The average molecular weight is 617 g/mol. The van der Waals surface area contributed by atoms with E-state index < -0.39 is 0 Å². The second-order valence-corrected chi connectivity index (χ2v) is 13.5. The van der Waals surface area contributed by atoms with Crippen molar-refractivity contribution in [1.82, 2.24) is 9.55 Å². The smallest absolute Gasteiger partial charge is 0.212 e. The third kappa shape index (κ3) is 7.60. The molecule has 46 heavy (non-hydrogen) atoms. The third-order valence-corrected chi connectivity index (χ3v) is 10.4. The third-order valence-electron chi connectivity index (χ3n) is 8.61. The normalized spacial score (nSPS) is 12.5. The van der Waals surface area contributed by atoms with Crippen LogP contribution < -0.4 is 20.8 Å². The zero-order valence-electron chi connectivity index (χ0n) is 26.6. The fourth-order valence-corrected chi connectivity index (χ4v) is 7.88. The maximum Gasteiger partial charge on any atom is 0.212 e. The second kappa shape index (κ2) is 15.6. The van der Waals surface area contributed by atoms with Gasteiger partial charge in [0, 0.05) is 12.4 Å².